The molecule has 0 atom stereocenters. The fourth-order valence-electron chi connectivity index (χ4n) is 6.72. The first kappa shape index (κ1) is 18.1. The van der Waals surface area contributed by atoms with Gasteiger partial charge in [-0.2, -0.15) is 0 Å². The molecular formula is C27H30N4. The van der Waals surface area contributed by atoms with Crippen molar-refractivity contribution in [1.82, 2.24) is 18.9 Å². The van der Waals surface area contributed by atoms with Crippen LogP contribution < -0.4 is 0 Å². The Morgan fingerprint density at radius 3 is 1.52 bits per heavy atom. The van der Waals surface area contributed by atoms with Crippen LogP contribution in [0.25, 0.3) is 21.8 Å². The Hall–Kier alpha value is -2.56. The lowest BCUT2D eigenvalue weighted by Crippen LogP contribution is -2.52. The van der Waals surface area contributed by atoms with E-state index in [2.05, 4.69) is 79.9 Å². The molecule has 4 heteroatoms. The van der Waals surface area contributed by atoms with Gasteiger partial charge in [0.2, 0.25) is 0 Å². The van der Waals surface area contributed by atoms with E-state index in [0.29, 0.717) is 0 Å². The highest BCUT2D eigenvalue weighted by molar-refractivity contribution is 5.85. The topological polar surface area (TPSA) is 16.3 Å². The highest BCUT2D eigenvalue weighted by Crippen LogP contribution is 2.33. The van der Waals surface area contributed by atoms with Gasteiger partial charge >= 0.3 is 0 Å². The van der Waals surface area contributed by atoms with Gasteiger partial charge in [-0.3, -0.25) is 9.80 Å². The summed E-state index contributed by atoms with van der Waals surface area (Å²) in [5, 5.41) is 2.87. The number of nitrogens with zero attached hydrogens (tertiary/aromatic N) is 4. The van der Waals surface area contributed by atoms with Crippen molar-refractivity contribution < 1.29 is 0 Å². The van der Waals surface area contributed by atoms with Gasteiger partial charge in [0.15, 0.2) is 0 Å². The van der Waals surface area contributed by atoms with Crippen molar-refractivity contribution in [2.24, 2.45) is 11.8 Å². The molecule has 0 amide bonds. The number of rotatable bonds is 0. The summed E-state index contributed by atoms with van der Waals surface area (Å²) >= 11 is 0. The standard InChI is InChI=1S/C27H30N4/c1-3-7-26-24(5-1)22-16-28-12-20-11-21(13-28)15-29(14-20)17-23-19-31(10-9-30(26)18-22)27-8-4-2-6-25(23)27/h1-8,18-21H,9-17H2. The zero-order chi connectivity index (χ0) is 20.4. The minimum Gasteiger partial charge on any atom is -0.345 e. The van der Waals surface area contributed by atoms with Crippen LogP contribution >= 0.6 is 0 Å². The Labute approximate surface area is 183 Å². The molecule has 0 saturated carbocycles. The average Bonchev–Trinajstić information content (AvgIpc) is 3.30. The molecule has 8 bridgehead atoms. The van der Waals surface area contributed by atoms with Crippen LogP contribution in [0.1, 0.15) is 17.5 Å². The summed E-state index contributed by atoms with van der Waals surface area (Å²) in [6.07, 6.45) is 6.29. The number of benzene rings is 2. The summed E-state index contributed by atoms with van der Waals surface area (Å²) in [4.78, 5) is 5.48. The molecule has 2 saturated heterocycles. The summed E-state index contributed by atoms with van der Waals surface area (Å²) in [5.74, 6) is 1.61. The molecule has 4 aliphatic heterocycles. The lowest BCUT2D eigenvalue weighted by atomic mass is 9.84. The second-order valence-corrected chi connectivity index (χ2v) is 10.1. The smallest absolute Gasteiger partial charge is 0.0484 e. The highest BCUT2D eigenvalue weighted by Gasteiger charge is 2.34. The molecule has 2 aromatic carbocycles. The summed E-state index contributed by atoms with van der Waals surface area (Å²) in [6.45, 7) is 9.18. The Morgan fingerprint density at radius 2 is 1.03 bits per heavy atom. The van der Waals surface area contributed by atoms with Crippen LogP contribution in [0.15, 0.2) is 60.9 Å². The molecule has 4 aliphatic rings. The van der Waals surface area contributed by atoms with Crippen LogP contribution in [0, 0.1) is 11.8 Å². The van der Waals surface area contributed by atoms with Gasteiger partial charge in [-0.25, -0.2) is 0 Å². The largest absolute Gasteiger partial charge is 0.345 e. The zero-order valence-corrected chi connectivity index (χ0v) is 18.1. The van der Waals surface area contributed by atoms with Gasteiger partial charge in [-0.15, -0.1) is 0 Å². The van der Waals surface area contributed by atoms with E-state index < -0.39 is 0 Å². The molecule has 0 spiro atoms. The van der Waals surface area contributed by atoms with Crippen molar-refractivity contribution in [3.05, 3.63) is 72.1 Å². The van der Waals surface area contributed by atoms with E-state index in [0.717, 1.165) is 38.0 Å². The molecule has 2 fully saturated rings. The third-order valence-corrected chi connectivity index (χ3v) is 7.84. The van der Waals surface area contributed by atoms with Crippen LogP contribution in [0.5, 0.6) is 0 Å². The zero-order valence-electron chi connectivity index (χ0n) is 18.1. The van der Waals surface area contributed by atoms with Crippen LogP contribution in [-0.2, 0) is 26.2 Å². The normalized spacial score (nSPS) is 28.1. The minimum atomic E-state index is 0.805. The molecule has 6 heterocycles. The van der Waals surface area contributed by atoms with Crippen LogP contribution in [0.2, 0.25) is 0 Å². The molecule has 8 rings (SSSR count). The highest BCUT2D eigenvalue weighted by atomic mass is 15.2. The first-order valence-corrected chi connectivity index (χ1v) is 11.9. The maximum absolute atomic E-state index is 2.74. The van der Waals surface area contributed by atoms with Crippen LogP contribution in [-0.4, -0.2) is 45.1 Å². The summed E-state index contributed by atoms with van der Waals surface area (Å²) in [7, 11) is 0. The molecule has 31 heavy (non-hydrogen) atoms. The molecular weight excluding hydrogens is 380 g/mol. The lowest BCUT2D eigenvalue weighted by molar-refractivity contribution is 0.0245. The molecule has 2 aromatic heterocycles. The Bertz CT molecular complexity index is 1150. The van der Waals surface area contributed by atoms with Crippen molar-refractivity contribution in [3.8, 4) is 0 Å². The Balaban J connectivity index is 1.37. The molecule has 0 unspecified atom stereocenters. The third-order valence-electron chi connectivity index (χ3n) is 7.84. The third kappa shape index (κ3) is 3.04. The van der Waals surface area contributed by atoms with E-state index >= 15 is 0 Å². The first-order valence-electron chi connectivity index (χ1n) is 11.9. The number of hydrogen-bond acceptors (Lipinski definition) is 2. The van der Waals surface area contributed by atoms with Gasteiger partial charge in [-0.1, -0.05) is 36.4 Å². The number of para-hydroxylation sites is 2. The van der Waals surface area contributed by atoms with Crippen LogP contribution in [0.4, 0.5) is 0 Å². The van der Waals surface area contributed by atoms with Gasteiger partial charge in [0, 0.05) is 86.6 Å². The number of aryl methyl sites for hydroxylation is 2. The van der Waals surface area contributed by atoms with Crippen molar-refractivity contribution in [2.75, 3.05) is 26.2 Å². The molecule has 0 radical (unpaired) electrons. The molecule has 0 aliphatic carbocycles. The van der Waals surface area contributed by atoms with E-state index in [1.54, 1.807) is 0 Å². The SMILES string of the molecule is c1ccc2c(c1)c1cn2CCn2cc(c3ccccc32)CN2CC3CC(CN(C1)C3)C2. The van der Waals surface area contributed by atoms with E-state index in [9.17, 15) is 0 Å². The maximum Gasteiger partial charge on any atom is 0.0484 e. The Kier molecular flexibility index (Phi) is 4.06. The summed E-state index contributed by atoms with van der Waals surface area (Å²) in [6, 6.07) is 18.0. The van der Waals surface area contributed by atoms with E-state index in [4.69, 9.17) is 0 Å². The van der Waals surface area contributed by atoms with E-state index in [1.165, 1.54) is 65.5 Å². The number of aromatic nitrogens is 2. The predicted octanol–water partition coefficient (Wildman–Crippen LogP) is 4.56. The second-order valence-electron chi connectivity index (χ2n) is 10.1. The Morgan fingerprint density at radius 1 is 0.581 bits per heavy atom. The maximum atomic E-state index is 2.74. The fraction of sp³-hybridized carbons (Fsp3) is 0.407. The van der Waals surface area contributed by atoms with Gasteiger partial charge in [-0.05, 0) is 41.5 Å². The lowest BCUT2D eigenvalue weighted by Gasteiger charge is -2.46. The fourth-order valence-corrected chi connectivity index (χ4v) is 6.72. The van der Waals surface area contributed by atoms with E-state index in [-0.39, 0.29) is 0 Å². The number of hydrogen-bond donors (Lipinski definition) is 0. The number of piperidine rings is 2. The molecule has 4 aromatic rings. The number of fused-ring (bicyclic) bond motifs is 3. The van der Waals surface area contributed by atoms with Crippen molar-refractivity contribution in [2.45, 2.75) is 32.6 Å². The monoisotopic (exact) mass is 410 g/mol. The summed E-state index contributed by atoms with van der Waals surface area (Å²) in [5.41, 5.74) is 5.76. The van der Waals surface area contributed by atoms with Gasteiger partial charge in [0.25, 0.3) is 0 Å². The van der Waals surface area contributed by atoms with Crippen LogP contribution in [0.3, 0.4) is 0 Å². The molecule has 0 N–H and O–H groups in total. The quantitative estimate of drug-likeness (QED) is 0.422. The van der Waals surface area contributed by atoms with E-state index in [1.807, 2.05) is 0 Å². The van der Waals surface area contributed by atoms with Crippen molar-refractivity contribution >= 4 is 21.8 Å². The minimum absolute atomic E-state index is 0.805. The second kappa shape index (κ2) is 6.98. The average molecular weight is 411 g/mol. The van der Waals surface area contributed by atoms with Crippen molar-refractivity contribution in [1.29, 1.82) is 0 Å². The molecule has 158 valence electrons. The van der Waals surface area contributed by atoms with Gasteiger partial charge < -0.3 is 9.13 Å². The molecule has 4 nitrogen and oxygen atoms in total. The predicted molar refractivity (Wildman–Crippen MR) is 126 cm³/mol. The summed E-state index contributed by atoms with van der Waals surface area (Å²) < 4.78 is 4.98. The van der Waals surface area contributed by atoms with Gasteiger partial charge in [0.1, 0.15) is 0 Å². The van der Waals surface area contributed by atoms with Gasteiger partial charge in [0.05, 0.1) is 0 Å². The first-order chi connectivity index (χ1) is 15.3. The van der Waals surface area contributed by atoms with Crippen molar-refractivity contribution in [3.63, 3.8) is 0 Å².